The van der Waals surface area contributed by atoms with Crippen LogP contribution in [0.25, 0.3) is 0 Å². The van der Waals surface area contributed by atoms with Gasteiger partial charge in [0.1, 0.15) is 16.3 Å². The molecule has 0 amide bonds. The lowest BCUT2D eigenvalue weighted by molar-refractivity contribution is 0.0494. The number of rotatable bonds is 7. The molecule has 22 heavy (non-hydrogen) atoms. The highest BCUT2D eigenvalue weighted by Crippen LogP contribution is 2.60. The Morgan fingerprint density at radius 3 is 2.32 bits per heavy atom. The van der Waals surface area contributed by atoms with Crippen molar-refractivity contribution in [1.82, 2.24) is 0 Å². The molecule has 130 valence electrons. The lowest BCUT2D eigenvalue weighted by Gasteiger charge is -2.41. The molecule has 0 bridgehead atoms. The van der Waals surface area contributed by atoms with Crippen molar-refractivity contribution in [3.63, 3.8) is 0 Å². The summed E-state index contributed by atoms with van der Waals surface area (Å²) < 4.78 is 28.2. The number of carbonyl (C=O) groups is 1. The van der Waals surface area contributed by atoms with Crippen molar-refractivity contribution in [2.45, 2.75) is 69.3 Å². The van der Waals surface area contributed by atoms with Gasteiger partial charge in [-0.3, -0.25) is 10.1 Å². The van der Waals surface area contributed by atoms with Crippen molar-refractivity contribution in [2.24, 2.45) is 10.9 Å². The molecule has 0 aromatic rings. The van der Waals surface area contributed by atoms with Crippen molar-refractivity contribution >= 4 is 36.3 Å². The second-order valence-corrected chi connectivity index (χ2v) is 12.2. The van der Waals surface area contributed by atoms with Crippen LogP contribution >= 0.6 is 30.1 Å². The van der Waals surface area contributed by atoms with E-state index >= 15 is 0 Å². The molecule has 0 spiro atoms. The van der Waals surface area contributed by atoms with Crippen LogP contribution in [0, 0.1) is 5.41 Å². The highest BCUT2D eigenvalue weighted by Gasteiger charge is 2.49. The smallest absolute Gasteiger partial charge is 0.430 e. The molecule has 0 aromatic heterocycles. The summed E-state index contributed by atoms with van der Waals surface area (Å²) in [6.45, 7) is 11.6. The number of halogens is 1. The van der Waals surface area contributed by atoms with Crippen LogP contribution in [-0.4, -0.2) is 27.6 Å². The van der Waals surface area contributed by atoms with E-state index in [4.69, 9.17) is 19.5 Å². The van der Waals surface area contributed by atoms with Gasteiger partial charge in [0.2, 0.25) is 0 Å². The molecule has 1 aliphatic rings. The normalized spacial score (nSPS) is 25.1. The molecule has 1 rings (SSSR count). The van der Waals surface area contributed by atoms with E-state index in [2.05, 4.69) is 22.6 Å². The molecule has 1 aliphatic heterocycles. The maximum Gasteiger partial charge on any atom is 0.508 e. The summed E-state index contributed by atoms with van der Waals surface area (Å²) >= 11 is 2.12. The first kappa shape index (κ1) is 20.2. The summed E-state index contributed by atoms with van der Waals surface area (Å²) in [5.41, 5.74) is 5.65. The second kappa shape index (κ2) is 6.57. The predicted molar refractivity (Wildman–Crippen MR) is 94.3 cm³/mol. The van der Waals surface area contributed by atoms with Crippen LogP contribution in [0.1, 0.15) is 54.4 Å². The van der Waals surface area contributed by atoms with Gasteiger partial charge >= 0.3 is 6.16 Å². The van der Waals surface area contributed by atoms with Crippen LogP contribution in [0.4, 0.5) is 4.79 Å². The number of alkyl halides is 1. The summed E-state index contributed by atoms with van der Waals surface area (Å²) in [4.78, 5) is 11.1. The third-order valence-electron chi connectivity index (χ3n) is 4.15. The minimum Gasteiger partial charge on any atom is -0.430 e. The minimum absolute atomic E-state index is 0.205. The van der Waals surface area contributed by atoms with Gasteiger partial charge in [0.15, 0.2) is 0 Å². The van der Waals surface area contributed by atoms with Gasteiger partial charge in [-0.2, -0.15) is 0 Å². The summed E-state index contributed by atoms with van der Waals surface area (Å²) in [6.07, 6.45) is 0.138. The van der Waals surface area contributed by atoms with Crippen LogP contribution in [-0.2, 0) is 18.6 Å². The molecule has 0 radical (unpaired) electrons. The van der Waals surface area contributed by atoms with Gasteiger partial charge in [-0.1, -0.05) is 20.8 Å². The number of ether oxygens (including phenoxy) is 2. The third-order valence-corrected chi connectivity index (χ3v) is 8.00. The first-order valence-electron chi connectivity index (χ1n) is 7.34. The molecule has 3 atom stereocenters. The van der Waals surface area contributed by atoms with Crippen LogP contribution in [0.3, 0.4) is 0 Å². The molecule has 0 saturated carbocycles. The standard InChI is InChI=1S/C14H27INO5P/c1-7-14(6,15)21-22(16,18)13(4,5)9-12(2,3)10-8-19-11(17)20-10/h10H,7-9H2,1-6H3,(H2,16,18). The number of hydrogen-bond donors (Lipinski definition) is 1. The zero-order valence-electron chi connectivity index (χ0n) is 14.1. The van der Waals surface area contributed by atoms with E-state index in [-0.39, 0.29) is 12.7 Å². The SMILES string of the molecule is CCC(C)(I)OP(N)(=O)C(C)(C)CC(C)(C)C1COC(=O)O1. The fourth-order valence-electron chi connectivity index (χ4n) is 2.52. The quantitative estimate of drug-likeness (QED) is 0.269. The molecule has 1 heterocycles. The zero-order valence-corrected chi connectivity index (χ0v) is 17.2. The topological polar surface area (TPSA) is 87.9 Å². The highest BCUT2D eigenvalue weighted by atomic mass is 127. The zero-order chi connectivity index (χ0) is 17.4. The monoisotopic (exact) mass is 447 g/mol. The molecule has 3 unspecified atom stereocenters. The van der Waals surface area contributed by atoms with Crippen molar-refractivity contribution in [3.8, 4) is 0 Å². The van der Waals surface area contributed by atoms with Crippen molar-refractivity contribution < 1.29 is 23.4 Å². The summed E-state index contributed by atoms with van der Waals surface area (Å²) in [6, 6.07) is 0. The second-order valence-electron chi connectivity index (χ2n) is 7.29. The number of nitrogens with two attached hydrogens (primary N) is 1. The first-order valence-corrected chi connectivity index (χ1v) is 10.1. The Balaban J connectivity index is 2.89. The Hall–Kier alpha value is 0.150. The molecule has 1 saturated heterocycles. The fourth-order valence-corrected chi connectivity index (χ4v) is 4.97. The van der Waals surface area contributed by atoms with Gasteiger partial charge < -0.3 is 14.0 Å². The highest BCUT2D eigenvalue weighted by molar-refractivity contribution is 14.1. The van der Waals surface area contributed by atoms with E-state index in [1.165, 1.54) is 0 Å². The Morgan fingerprint density at radius 1 is 1.36 bits per heavy atom. The molecular formula is C14H27INO5P. The Kier molecular flexibility index (Phi) is 6.03. The fraction of sp³-hybridized carbons (Fsp3) is 0.929. The van der Waals surface area contributed by atoms with Crippen molar-refractivity contribution in [2.75, 3.05) is 6.61 Å². The van der Waals surface area contributed by atoms with E-state index in [9.17, 15) is 9.36 Å². The average molecular weight is 447 g/mol. The van der Waals surface area contributed by atoms with Crippen molar-refractivity contribution in [3.05, 3.63) is 0 Å². The largest absolute Gasteiger partial charge is 0.508 e. The van der Waals surface area contributed by atoms with E-state index in [0.717, 1.165) is 0 Å². The van der Waals surface area contributed by atoms with Crippen LogP contribution < -0.4 is 5.50 Å². The van der Waals surface area contributed by atoms with Crippen LogP contribution in [0.2, 0.25) is 0 Å². The van der Waals surface area contributed by atoms with Gasteiger partial charge in [-0.15, -0.1) is 0 Å². The number of hydrogen-bond acceptors (Lipinski definition) is 5. The van der Waals surface area contributed by atoms with Gasteiger partial charge in [-0.25, -0.2) is 4.79 Å². The molecule has 6 nitrogen and oxygen atoms in total. The van der Waals surface area contributed by atoms with Gasteiger partial charge in [0.25, 0.3) is 7.52 Å². The van der Waals surface area contributed by atoms with Gasteiger partial charge in [-0.05, 0) is 56.2 Å². The van der Waals surface area contributed by atoms with Gasteiger partial charge in [0.05, 0.1) is 5.16 Å². The lowest BCUT2D eigenvalue weighted by Crippen LogP contribution is -2.41. The minimum atomic E-state index is -3.37. The van der Waals surface area contributed by atoms with Crippen LogP contribution in [0.15, 0.2) is 0 Å². The molecule has 2 N–H and O–H groups in total. The first-order chi connectivity index (χ1) is 9.72. The molecular weight excluding hydrogens is 420 g/mol. The van der Waals surface area contributed by atoms with E-state index in [1.54, 1.807) is 0 Å². The third kappa shape index (κ3) is 4.82. The van der Waals surface area contributed by atoms with Gasteiger partial charge in [0, 0.05) is 5.41 Å². The van der Waals surface area contributed by atoms with Crippen LogP contribution in [0.5, 0.6) is 0 Å². The molecule has 8 heteroatoms. The molecule has 0 aliphatic carbocycles. The summed E-state index contributed by atoms with van der Waals surface area (Å²) in [5, 5.41) is -0.757. The maximum absolute atomic E-state index is 13.0. The Bertz CT molecular complexity index is 478. The molecule has 1 fully saturated rings. The lowest BCUT2D eigenvalue weighted by atomic mass is 9.79. The van der Waals surface area contributed by atoms with E-state index in [0.29, 0.717) is 12.8 Å². The van der Waals surface area contributed by atoms with E-state index in [1.807, 2.05) is 41.5 Å². The van der Waals surface area contributed by atoms with Crippen molar-refractivity contribution in [1.29, 1.82) is 0 Å². The Morgan fingerprint density at radius 2 is 1.91 bits per heavy atom. The molecule has 0 aromatic carbocycles. The Labute approximate surface area is 146 Å². The number of cyclic esters (lactones) is 2. The summed E-state index contributed by atoms with van der Waals surface area (Å²) in [7, 11) is -3.37. The predicted octanol–water partition coefficient (Wildman–Crippen LogP) is 4.45. The number of carbonyl (C=O) groups excluding carboxylic acids is 1. The maximum atomic E-state index is 13.0. The summed E-state index contributed by atoms with van der Waals surface area (Å²) in [5.74, 6) is 0. The van der Waals surface area contributed by atoms with E-state index < -0.39 is 27.9 Å². The average Bonchev–Trinajstić information content (AvgIpc) is 2.74.